The van der Waals surface area contributed by atoms with Crippen LogP contribution in [0.4, 0.5) is 18.9 Å². The quantitative estimate of drug-likeness (QED) is 0.777. The average molecular weight is 344 g/mol. The fourth-order valence-corrected chi connectivity index (χ4v) is 3.49. The molecule has 0 amide bonds. The highest BCUT2D eigenvalue weighted by Gasteiger charge is 2.30. The van der Waals surface area contributed by atoms with Crippen molar-refractivity contribution in [3.8, 4) is 6.07 Å². The molecule has 0 N–H and O–H groups in total. The number of aryl methyl sites for hydroxylation is 1. The lowest BCUT2D eigenvalue weighted by molar-refractivity contribution is 0.193. The predicted octanol–water partition coefficient (Wildman–Crippen LogP) is 5.07. The van der Waals surface area contributed by atoms with Gasteiger partial charge in [-0.3, -0.25) is 0 Å². The highest BCUT2D eigenvalue weighted by molar-refractivity contribution is 5.56. The van der Waals surface area contributed by atoms with Gasteiger partial charge >= 0.3 is 0 Å². The molecule has 1 aliphatic rings. The Kier molecular flexibility index (Phi) is 4.98. The summed E-state index contributed by atoms with van der Waals surface area (Å²) in [6.07, 6.45) is -0.368. The summed E-state index contributed by atoms with van der Waals surface area (Å²) in [6, 6.07) is 10.6. The maximum absolute atomic E-state index is 14.7. The Morgan fingerprint density at radius 2 is 1.84 bits per heavy atom. The monoisotopic (exact) mass is 344 g/mol. The lowest BCUT2D eigenvalue weighted by Gasteiger charge is -2.35. The van der Waals surface area contributed by atoms with Gasteiger partial charge < -0.3 is 4.90 Å². The second kappa shape index (κ2) is 7.18. The van der Waals surface area contributed by atoms with Gasteiger partial charge in [0, 0.05) is 24.3 Å². The Hall–Kier alpha value is -2.48. The van der Waals surface area contributed by atoms with Gasteiger partial charge in [-0.2, -0.15) is 5.26 Å². The highest BCUT2D eigenvalue weighted by atomic mass is 19.1. The molecule has 1 fully saturated rings. The van der Waals surface area contributed by atoms with Crippen LogP contribution in [0.3, 0.4) is 0 Å². The fraction of sp³-hybridized carbons (Fsp3) is 0.350. The number of rotatable bonds is 3. The van der Waals surface area contributed by atoms with Crippen molar-refractivity contribution >= 4 is 5.69 Å². The normalized spacial score (nSPS) is 16.5. The van der Waals surface area contributed by atoms with Crippen LogP contribution in [0.5, 0.6) is 0 Å². The van der Waals surface area contributed by atoms with Gasteiger partial charge in [0.05, 0.1) is 11.6 Å². The van der Waals surface area contributed by atoms with E-state index in [-0.39, 0.29) is 11.5 Å². The number of anilines is 1. The first-order chi connectivity index (χ1) is 12.0. The first-order valence-electron chi connectivity index (χ1n) is 8.34. The third-order valence-corrected chi connectivity index (χ3v) is 4.88. The smallest absolute Gasteiger partial charge is 0.131 e. The molecule has 0 bridgehead atoms. The maximum atomic E-state index is 14.7. The molecule has 1 aliphatic heterocycles. The second-order valence-corrected chi connectivity index (χ2v) is 6.51. The van der Waals surface area contributed by atoms with E-state index in [9.17, 15) is 13.2 Å². The van der Waals surface area contributed by atoms with E-state index in [2.05, 4.69) is 11.0 Å². The van der Waals surface area contributed by atoms with Crippen molar-refractivity contribution in [3.63, 3.8) is 0 Å². The Labute approximate surface area is 145 Å². The van der Waals surface area contributed by atoms with Gasteiger partial charge in [0.1, 0.15) is 17.8 Å². The van der Waals surface area contributed by atoms with Crippen molar-refractivity contribution in [1.29, 1.82) is 5.26 Å². The minimum Gasteiger partial charge on any atom is -0.371 e. The minimum absolute atomic E-state index is 0.187. The predicted molar refractivity (Wildman–Crippen MR) is 91.0 cm³/mol. The molecular weight excluding hydrogens is 325 g/mol. The van der Waals surface area contributed by atoms with Crippen LogP contribution in [0, 0.1) is 35.8 Å². The number of benzene rings is 2. The molecule has 0 saturated carbocycles. The number of nitriles is 1. The van der Waals surface area contributed by atoms with Gasteiger partial charge in [-0.25, -0.2) is 13.2 Å². The Balaban J connectivity index is 1.69. The number of hydrogen-bond acceptors (Lipinski definition) is 2. The minimum atomic E-state index is -1.50. The summed E-state index contributed by atoms with van der Waals surface area (Å²) in [5, 5.41) is 8.95. The van der Waals surface area contributed by atoms with Crippen LogP contribution in [0.25, 0.3) is 0 Å². The lowest BCUT2D eigenvalue weighted by atomic mass is 9.87. The lowest BCUT2D eigenvalue weighted by Crippen LogP contribution is -2.35. The molecule has 1 unspecified atom stereocenters. The van der Waals surface area contributed by atoms with E-state index in [4.69, 9.17) is 5.26 Å². The van der Waals surface area contributed by atoms with Crippen LogP contribution in [-0.4, -0.2) is 13.1 Å². The average Bonchev–Trinajstić information content (AvgIpc) is 2.63. The zero-order valence-corrected chi connectivity index (χ0v) is 14.0. The molecule has 0 radical (unpaired) electrons. The van der Waals surface area contributed by atoms with Crippen molar-refractivity contribution in [2.75, 3.05) is 18.0 Å². The Morgan fingerprint density at radius 1 is 1.12 bits per heavy atom. The van der Waals surface area contributed by atoms with E-state index in [0.717, 1.165) is 29.4 Å². The van der Waals surface area contributed by atoms with Crippen LogP contribution < -0.4 is 4.90 Å². The second-order valence-electron chi connectivity index (χ2n) is 6.51. The van der Waals surface area contributed by atoms with E-state index in [1.165, 1.54) is 0 Å². The van der Waals surface area contributed by atoms with Crippen LogP contribution in [-0.2, 0) is 0 Å². The first-order valence-corrected chi connectivity index (χ1v) is 8.34. The number of nitrogens with zero attached hydrogens (tertiary/aromatic N) is 2. The SMILES string of the molecule is Cc1cc(C#N)ccc1N1CCC(C(F)c2cc(F)ccc2F)CC1. The van der Waals surface area contributed by atoms with Crippen LogP contribution in [0.1, 0.15) is 35.7 Å². The molecule has 0 aliphatic carbocycles. The molecule has 2 aromatic rings. The van der Waals surface area contributed by atoms with E-state index >= 15 is 0 Å². The van der Waals surface area contributed by atoms with Crippen molar-refractivity contribution in [1.82, 2.24) is 0 Å². The van der Waals surface area contributed by atoms with Crippen molar-refractivity contribution in [2.24, 2.45) is 5.92 Å². The van der Waals surface area contributed by atoms with Gasteiger partial charge in [0.25, 0.3) is 0 Å². The fourth-order valence-electron chi connectivity index (χ4n) is 3.49. The molecular formula is C20H19F3N2. The van der Waals surface area contributed by atoms with Gasteiger partial charge in [0.2, 0.25) is 0 Å². The zero-order chi connectivity index (χ0) is 18.0. The highest BCUT2D eigenvalue weighted by Crippen LogP contribution is 2.37. The first kappa shape index (κ1) is 17.3. The summed E-state index contributed by atoms with van der Waals surface area (Å²) in [4.78, 5) is 2.15. The molecule has 25 heavy (non-hydrogen) atoms. The summed E-state index contributed by atoms with van der Waals surface area (Å²) in [5.41, 5.74) is 2.46. The van der Waals surface area contributed by atoms with Gasteiger partial charge in [-0.05, 0) is 67.6 Å². The van der Waals surface area contributed by atoms with Gasteiger partial charge in [0.15, 0.2) is 0 Å². The molecule has 1 saturated heterocycles. The molecule has 1 atom stereocenters. The molecule has 1 heterocycles. The zero-order valence-electron chi connectivity index (χ0n) is 14.0. The number of alkyl halides is 1. The summed E-state index contributed by atoms with van der Waals surface area (Å²) in [5.74, 6) is -1.64. The largest absolute Gasteiger partial charge is 0.371 e. The van der Waals surface area contributed by atoms with E-state index in [1.54, 1.807) is 6.07 Å². The molecule has 130 valence electrons. The van der Waals surface area contributed by atoms with Crippen molar-refractivity contribution in [3.05, 3.63) is 64.7 Å². The molecule has 0 aromatic heterocycles. The third-order valence-electron chi connectivity index (χ3n) is 4.88. The van der Waals surface area contributed by atoms with Crippen molar-refractivity contribution < 1.29 is 13.2 Å². The van der Waals surface area contributed by atoms with E-state index in [0.29, 0.717) is 31.5 Å². The summed E-state index contributed by atoms with van der Waals surface area (Å²) in [7, 11) is 0. The van der Waals surface area contributed by atoms with Crippen LogP contribution >= 0.6 is 0 Å². The van der Waals surface area contributed by atoms with Crippen LogP contribution in [0.2, 0.25) is 0 Å². The molecule has 2 aromatic carbocycles. The molecule has 5 heteroatoms. The maximum Gasteiger partial charge on any atom is 0.131 e. The van der Waals surface area contributed by atoms with E-state index < -0.39 is 17.8 Å². The number of piperidine rings is 1. The number of hydrogen-bond donors (Lipinski definition) is 0. The van der Waals surface area contributed by atoms with E-state index in [1.807, 2.05) is 19.1 Å². The van der Waals surface area contributed by atoms with Crippen molar-refractivity contribution in [2.45, 2.75) is 25.9 Å². The van der Waals surface area contributed by atoms with Gasteiger partial charge in [-0.15, -0.1) is 0 Å². The molecule has 2 nitrogen and oxygen atoms in total. The molecule has 3 rings (SSSR count). The summed E-state index contributed by atoms with van der Waals surface area (Å²) >= 11 is 0. The van der Waals surface area contributed by atoms with Gasteiger partial charge in [-0.1, -0.05) is 0 Å². The topological polar surface area (TPSA) is 27.0 Å². The summed E-state index contributed by atoms with van der Waals surface area (Å²) in [6.45, 7) is 3.24. The molecule has 0 spiro atoms. The van der Waals surface area contributed by atoms with Crippen LogP contribution in [0.15, 0.2) is 36.4 Å². The summed E-state index contributed by atoms with van der Waals surface area (Å²) < 4.78 is 41.8. The standard InChI is InChI=1S/C20H19F3N2/c1-13-10-14(12-24)2-5-19(13)25-8-6-15(7-9-25)20(23)17-11-16(21)3-4-18(17)22/h2-5,10-11,15,20H,6-9H2,1H3. The number of halogens is 3. The Morgan fingerprint density at radius 3 is 2.48 bits per heavy atom. The Bertz CT molecular complexity index is 805. The third kappa shape index (κ3) is 3.63.